The lowest BCUT2D eigenvalue weighted by atomic mass is 10.0. The molecule has 8 nitrogen and oxygen atoms in total. The van der Waals surface area contributed by atoms with E-state index in [0.29, 0.717) is 24.1 Å². The number of ether oxygens (including phenoxy) is 2. The summed E-state index contributed by atoms with van der Waals surface area (Å²) >= 11 is 0. The van der Waals surface area contributed by atoms with Crippen molar-refractivity contribution in [1.29, 1.82) is 0 Å². The number of allylic oxidation sites excluding steroid dienone is 8. The molecular formula is C52H99NO7P+. The number of carbonyl (C=O) groups excluding carboxylic acids is 1. The molecule has 0 amide bonds. The molecule has 1 N–H and O–H groups in total. The first kappa shape index (κ1) is 59.5. The molecule has 0 aromatic rings. The highest BCUT2D eigenvalue weighted by molar-refractivity contribution is 7.47. The molecule has 0 aliphatic heterocycles. The van der Waals surface area contributed by atoms with Crippen LogP contribution in [-0.4, -0.2) is 75.6 Å². The van der Waals surface area contributed by atoms with Crippen LogP contribution in [0.5, 0.6) is 0 Å². The van der Waals surface area contributed by atoms with E-state index in [9.17, 15) is 14.3 Å². The summed E-state index contributed by atoms with van der Waals surface area (Å²) in [5, 5.41) is 0. The Bertz CT molecular complexity index is 1120. The molecule has 0 bridgehead atoms. The second kappa shape index (κ2) is 45.0. The quantitative estimate of drug-likeness (QED) is 0.0214. The lowest BCUT2D eigenvalue weighted by Crippen LogP contribution is -2.37. The van der Waals surface area contributed by atoms with E-state index in [2.05, 4.69) is 62.5 Å². The maximum absolute atomic E-state index is 12.8. The average Bonchev–Trinajstić information content (AvgIpc) is 3.22. The van der Waals surface area contributed by atoms with Crippen LogP contribution in [0.15, 0.2) is 48.6 Å². The van der Waals surface area contributed by atoms with Crippen LogP contribution in [0.2, 0.25) is 0 Å². The molecule has 0 aliphatic rings. The van der Waals surface area contributed by atoms with Crippen molar-refractivity contribution in [2.75, 3.05) is 54.1 Å². The minimum atomic E-state index is -4.29. The van der Waals surface area contributed by atoms with Crippen LogP contribution in [0.3, 0.4) is 0 Å². The number of carbonyl (C=O) groups is 1. The Morgan fingerprint density at radius 1 is 0.525 bits per heavy atom. The third kappa shape index (κ3) is 49.3. The molecule has 0 fully saturated rings. The number of nitrogens with zero attached hydrogens (tertiary/aromatic N) is 1. The van der Waals surface area contributed by atoms with E-state index in [4.69, 9.17) is 18.5 Å². The third-order valence-electron chi connectivity index (χ3n) is 10.9. The molecule has 0 rings (SSSR count). The first-order chi connectivity index (χ1) is 29.6. The number of unbranched alkanes of at least 4 members (excludes halogenated alkanes) is 25. The Kier molecular flexibility index (Phi) is 43.9. The van der Waals surface area contributed by atoms with Gasteiger partial charge in [0.1, 0.15) is 19.3 Å². The zero-order chi connectivity index (χ0) is 44.8. The van der Waals surface area contributed by atoms with Gasteiger partial charge in [-0.15, -0.1) is 0 Å². The first-order valence-electron chi connectivity index (χ1n) is 25.4. The van der Waals surface area contributed by atoms with E-state index < -0.39 is 13.9 Å². The highest BCUT2D eigenvalue weighted by Crippen LogP contribution is 2.43. The van der Waals surface area contributed by atoms with E-state index in [1.807, 2.05) is 21.1 Å². The van der Waals surface area contributed by atoms with Crippen molar-refractivity contribution in [3.8, 4) is 0 Å². The fraction of sp³-hybridized carbons (Fsp3) is 0.827. The Labute approximate surface area is 378 Å². The smallest absolute Gasteiger partial charge is 0.457 e. The van der Waals surface area contributed by atoms with Gasteiger partial charge in [-0.05, 0) is 51.4 Å². The van der Waals surface area contributed by atoms with Crippen molar-refractivity contribution in [1.82, 2.24) is 0 Å². The van der Waals surface area contributed by atoms with Crippen molar-refractivity contribution in [2.45, 2.75) is 225 Å². The Balaban J connectivity index is 4.13. The maximum Gasteiger partial charge on any atom is 0.472 e. The van der Waals surface area contributed by atoms with Crippen molar-refractivity contribution < 1.29 is 37.3 Å². The molecule has 0 aromatic heterocycles. The van der Waals surface area contributed by atoms with E-state index >= 15 is 0 Å². The number of phosphoric acid groups is 1. The summed E-state index contributed by atoms with van der Waals surface area (Å²) < 4.78 is 35.1. The summed E-state index contributed by atoms with van der Waals surface area (Å²) in [7, 11) is 1.65. The fourth-order valence-electron chi connectivity index (χ4n) is 7.02. The SMILES string of the molecule is CC/C=C\C/C=C\C/C=C\C/C=C\CCCCCOCC(COP(=O)(O)OCC[N+](C)(C)C)OC(=O)CCCCCCCCCCCCCCCCCCCCCCCCC. The fourth-order valence-corrected chi connectivity index (χ4v) is 7.76. The molecule has 2 atom stereocenters. The Hall–Kier alpha value is -1.54. The maximum atomic E-state index is 12.8. The topological polar surface area (TPSA) is 91.3 Å². The number of rotatable bonds is 47. The summed E-state index contributed by atoms with van der Waals surface area (Å²) in [4.78, 5) is 23.0. The summed E-state index contributed by atoms with van der Waals surface area (Å²) in [6, 6.07) is 0. The van der Waals surface area contributed by atoms with Crippen molar-refractivity contribution >= 4 is 13.8 Å². The molecule has 0 heterocycles. The van der Waals surface area contributed by atoms with Crippen LogP contribution >= 0.6 is 7.82 Å². The van der Waals surface area contributed by atoms with Crippen molar-refractivity contribution in [3.05, 3.63) is 48.6 Å². The van der Waals surface area contributed by atoms with Crippen molar-refractivity contribution in [2.24, 2.45) is 0 Å². The predicted octanol–water partition coefficient (Wildman–Crippen LogP) is 15.5. The number of quaternary nitrogens is 1. The van der Waals surface area contributed by atoms with Crippen LogP contribution in [0.4, 0.5) is 0 Å². The summed E-state index contributed by atoms with van der Waals surface area (Å²) in [6.45, 7) is 5.46. The second-order valence-electron chi connectivity index (χ2n) is 18.2. The first-order valence-corrected chi connectivity index (χ1v) is 26.9. The minimum Gasteiger partial charge on any atom is -0.457 e. The molecular weight excluding hydrogens is 782 g/mol. The molecule has 0 saturated carbocycles. The molecule has 0 aliphatic carbocycles. The van der Waals surface area contributed by atoms with E-state index in [1.54, 1.807) is 0 Å². The highest BCUT2D eigenvalue weighted by Gasteiger charge is 2.26. The highest BCUT2D eigenvalue weighted by atomic mass is 31.2. The van der Waals surface area contributed by atoms with Gasteiger partial charge in [0.25, 0.3) is 0 Å². The normalized spacial score (nSPS) is 14.0. The van der Waals surface area contributed by atoms with Gasteiger partial charge in [-0.25, -0.2) is 4.57 Å². The van der Waals surface area contributed by atoms with Crippen LogP contribution in [0, 0.1) is 0 Å². The molecule has 0 spiro atoms. The molecule has 0 saturated heterocycles. The van der Waals surface area contributed by atoms with Gasteiger partial charge in [-0.1, -0.05) is 210 Å². The van der Waals surface area contributed by atoms with Gasteiger partial charge in [-0.2, -0.15) is 0 Å². The number of hydrogen-bond acceptors (Lipinski definition) is 6. The molecule has 2 unspecified atom stereocenters. The summed E-state index contributed by atoms with van der Waals surface area (Å²) in [5.41, 5.74) is 0. The predicted molar refractivity (Wildman–Crippen MR) is 261 cm³/mol. The van der Waals surface area contributed by atoms with Crippen LogP contribution in [0.25, 0.3) is 0 Å². The molecule has 61 heavy (non-hydrogen) atoms. The van der Waals surface area contributed by atoms with Crippen molar-refractivity contribution in [3.63, 3.8) is 0 Å². The lowest BCUT2D eigenvalue weighted by Gasteiger charge is -2.24. The van der Waals surface area contributed by atoms with Gasteiger partial charge >= 0.3 is 13.8 Å². The average molecular weight is 881 g/mol. The van der Waals surface area contributed by atoms with Crippen LogP contribution in [-0.2, 0) is 27.9 Å². The monoisotopic (exact) mass is 881 g/mol. The second-order valence-corrected chi connectivity index (χ2v) is 19.6. The largest absolute Gasteiger partial charge is 0.472 e. The molecule has 0 aromatic carbocycles. The van der Waals surface area contributed by atoms with E-state index in [1.165, 1.54) is 128 Å². The zero-order valence-electron chi connectivity index (χ0n) is 40.7. The lowest BCUT2D eigenvalue weighted by molar-refractivity contribution is -0.870. The summed E-state index contributed by atoms with van der Waals surface area (Å²) in [5.74, 6) is -0.322. The Morgan fingerprint density at radius 3 is 1.41 bits per heavy atom. The van der Waals surface area contributed by atoms with Gasteiger partial charge < -0.3 is 18.9 Å². The van der Waals surface area contributed by atoms with Gasteiger partial charge in [-0.3, -0.25) is 13.8 Å². The zero-order valence-corrected chi connectivity index (χ0v) is 41.5. The van der Waals surface area contributed by atoms with E-state index in [-0.39, 0.29) is 25.8 Å². The Morgan fingerprint density at radius 2 is 0.951 bits per heavy atom. The van der Waals surface area contributed by atoms with Gasteiger partial charge in [0.05, 0.1) is 34.4 Å². The van der Waals surface area contributed by atoms with Crippen LogP contribution < -0.4 is 0 Å². The summed E-state index contributed by atoms with van der Waals surface area (Å²) in [6.07, 6.45) is 56.0. The number of phosphoric ester groups is 1. The number of esters is 1. The van der Waals surface area contributed by atoms with Crippen LogP contribution in [0.1, 0.15) is 219 Å². The van der Waals surface area contributed by atoms with Gasteiger partial charge in [0.15, 0.2) is 0 Å². The molecule has 0 radical (unpaired) electrons. The molecule has 358 valence electrons. The standard InChI is InChI=1S/C52H98NO7P/c1-6-8-10-12-14-16-18-20-22-24-25-26-27-28-29-30-31-33-35-37-39-41-43-45-52(54)60-51(50-59-61(55,56)58-48-46-53(3,4)5)49-57-47-44-42-40-38-36-34-32-23-21-19-17-15-13-11-9-7-2/h9,11,15,17,21,23,34,36,51H,6-8,10,12-14,16,18-20,22,24-33,35,37-50H2,1-5H3/p+1/b11-9-,17-15-,23-21-,36-34-. The third-order valence-corrected chi connectivity index (χ3v) is 11.9. The molecule has 9 heteroatoms. The van der Waals surface area contributed by atoms with E-state index in [0.717, 1.165) is 70.6 Å². The van der Waals surface area contributed by atoms with Gasteiger partial charge in [0.2, 0.25) is 0 Å². The van der Waals surface area contributed by atoms with Gasteiger partial charge in [0, 0.05) is 13.0 Å². The number of likely N-dealkylation sites (N-methyl/N-ethyl adjacent to an activating group) is 1. The number of hydrogen-bond donors (Lipinski definition) is 1. The minimum absolute atomic E-state index is 0.0820.